The first kappa shape index (κ1) is 12.3. The standard InChI is InChI=1S/C12H22N2O/c1-3-7-14-8-5-6-12(14)9-13-11(4-2)10-15/h5-6,8,11,13,15H,3-4,7,9-10H2,1-2H3/t11-/m0/s1. The lowest BCUT2D eigenvalue weighted by Crippen LogP contribution is -2.31. The van der Waals surface area contributed by atoms with Crippen LogP contribution in [-0.2, 0) is 13.1 Å². The molecule has 1 atom stereocenters. The Labute approximate surface area is 92.1 Å². The van der Waals surface area contributed by atoms with Gasteiger partial charge in [-0.1, -0.05) is 13.8 Å². The maximum absolute atomic E-state index is 9.06. The quantitative estimate of drug-likeness (QED) is 0.719. The summed E-state index contributed by atoms with van der Waals surface area (Å²) in [6.45, 7) is 6.38. The van der Waals surface area contributed by atoms with Crippen molar-refractivity contribution in [2.75, 3.05) is 6.61 Å². The average molecular weight is 210 g/mol. The smallest absolute Gasteiger partial charge is 0.0584 e. The molecule has 2 N–H and O–H groups in total. The minimum atomic E-state index is 0.213. The summed E-state index contributed by atoms with van der Waals surface area (Å²) in [6.07, 6.45) is 4.23. The number of hydrogen-bond acceptors (Lipinski definition) is 2. The van der Waals surface area contributed by atoms with Crippen molar-refractivity contribution in [2.45, 2.75) is 45.8 Å². The molecule has 0 aliphatic heterocycles. The van der Waals surface area contributed by atoms with E-state index in [9.17, 15) is 0 Å². The first-order chi connectivity index (χ1) is 7.31. The Morgan fingerprint density at radius 2 is 2.27 bits per heavy atom. The molecule has 1 aromatic rings. The number of nitrogens with zero attached hydrogens (tertiary/aromatic N) is 1. The molecule has 0 spiro atoms. The molecule has 0 saturated carbocycles. The summed E-state index contributed by atoms with van der Waals surface area (Å²) < 4.78 is 2.26. The third-order valence-corrected chi connectivity index (χ3v) is 2.67. The second kappa shape index (κ2) is 6.64. The Balaban J connectivity index is 2.45. The van der Waals surface area contributed by atoms with Crippen molar-refractivity contribution in [3.8, 4) is 0 Å². The molecule has 0 unspecified atom stereocenters. The highest BCUT2D eigenvalue weighted by atomic mass is 16.3. The zero-order chi connectivity index (χ0) is 11.1. The van der Waals surface area contributed by atoms with E-state index in [2.05, 4.69) is 42.1 Å². The van der Waals surface area contributed by atoms with Crippen LogP contribution in [0, 0.1) is 0 Å². The lowest BCUT2D eigenvalue weighted by molar-refractivity contribution is 0.237. The molecule has 3 heteroatoms. The van der Waals surface area contributed by atoms with Gasteiger partial charge in [-0.2, -0.15) is 0 Å². The Morgan fingerprint density at radius 1 is 1.47 bits per heavy atom. The number of hydrogen-bond donors (Lipinski definition) is 2. The van der Waals surface area contributed by atoms with E-state index in [-0.39, 0.29) is 12.6 Å². The van der Waals surface area contributed by atoms with Gasteiger partial charge in [-0.25, -0.2) is 0 Å². The van der Waals surface area contributed by atoms with Crippen molar-refractivity contribution >= 4 is 0 Å². The molecule has 15 heavy (non-hydrogen) atoms. The maximum Gasteiger partial charge on any atom is 0.0584 e. The molecule has 0 aliphatic rings. The number of aliphatic hydroxyl groups is 1. The molecule has 1 aromatic heterocycles. The second-order valence-electron chi connectivity index (χ2n) is 3.86. The molecule has 0 aromatic carbocycles. The van der Waals surface area contributed by atoms with Crippen LogP contribution in [0.15, 0.2) is 18.3 Å². The summed E-state index contributed by atoms with van der Waals surface area (Å²) >= 11 is 0. The topological polar surface area (TPSA) is 37.2 Å². The van der Waals surface area contributed by atoms with E-state index in [0.717, 1.165) is 25.9 Å². The molecule has 1 heterocycles. The van der Waals surface area contributed by atoms with Gasteiger partial charge in [0, 0.05) is 31.0 Å². The number of aromatic nitrogens is 1. The van der Waals surface area contributed by atoms with Crippen molar-refractivity contribution < 1.29 is 5.11 Å². The zero-order valence-corrected chi connectivity index (χ0v) is 9.74. The average Bonchev–Trinajstić information content (AvgIpc) is 2.68. The van der Waals surface area contributed by atoms with E-state index in [1.54, 1.807) is 0 Å². The zero-order valence-electron chi connectivity index (χ0n) is 9.74. The van der Waals surface area contributed by atoms with Gasteiger partial charge in [0.1, 0.15) is 0 Å². The van der Waals surface area contributed by atoms with Crippen LogP contribution in [0.2, 0.25) is 0 Å². The fourth-order valence-electron chi connectivity index (χ4n) is 1.66. The molecular formula is C12H22N2O. The number of nitrogens with one attached hydrogen (secondary N) is 1. The molecule has 1 rings (SSSR count). The van der Waals surface area contributed by atoms with Crippen LogP contribution in [0.5, 0.6) is 0 Å². The molecule has 0 radical (unpaired) electrons. The van der Waals surface area contributed by atoms with E-state index in [4.69, 9.17) is 5.11 Å². The predicted octanol–water partition coefficient (Wildman–Crippen LogP) is 1.76. The maximum atomic E-state index is 9.06. The van der Waals surface area contributed by atoms with Crippen molar-refractivity contribution in [3.05, 3.63) is 24.0 Å². The van der Waals surface area contributed by atoms with Crippen LogP contribution in [0.4, 0.5) is 0 Å². The van der Waals surface area contributed by atoms with E-state index < -0.39 is 0 Å². The van der Waals surface area contributed by atoms with Crippen LogP contribution < -0.4 is 5.32 Å². The molecule has 0 amide bonds. The molecule has 0 bridgehead atoms. The first-order valence-corrected chi connectivity index (χ1v) is 5.80. The van der Waals surface area contributed by atoms with Gasteiger partial charge in [-0.3, -0.25) is 0 Å². The van der Waals surface area contributed by atoms with Gasteiger partial charge in [-0.15, -0.1) is 0 Å². The van der Waals surface area contributed by atoms with Gasteiger partial charge in [0.25, 0.3) is 0 Å². The van der Waals surface area contributed by atoms with E-state index in [0.29, 0.717) is 0 Å². The van der Waals surface area contributed by atoms with Gasteiger partial charge in [0.2, 0.25) is 0 Å². The molecule has 0 aliphatic carbocycles. The largest absolute Gasteiger partial charge is 0.395 e. The Hall–Kier alpha value is -0.800. The third-order valence-electron chi connectivity index (χ3n) is 2.67. The molecule has 3 nitrogen and oxygen atoms in total. The van der Waals surface area contributed by atoms with E-state index in [1.165, 1.54) is 5.69 Å². The van der Waals surface area contributed by atoms with Crippen molar-refractivity contribution in [3.63, 3.8) is 0 Å². The summed E-state index contributed by atoms with van der Waals surface area (Å²) in [5, 5.41) is 12.4. The van der Waals surface area contributed by atoms with Crippen molar-refractivity contribution in [2.24, 2.45) is 0 Å². The molecule has 0 saturated heterocycles. The summed E-state index contributed by atoms with van der Waals surface area (Å²) in [5.41, 5.74) is 1.30. The highest BCUT2D eigenvalue weighted by molar-refractivity contribution is 5.07. The van der Waals surface area contributed by atoms with Crippen molar-refractivity contribution in [1.29, 1.82) is 0 Å². The highest BCUT2D eigenvalue weighted by Gasteiger charge is 2.05. The van der Waals surface area contributed by atoms with Crippen LogP contribution in [0.3, 0.4) is 0 Å². The van der Waals surface area contributed by atoms with Gasteiger partial charge < -0.3 is 15.0 Å². The Morgan fingerprint density at radius 3 is 2.87 bits per heavy atom. The number of rotatable bonds is 7. The molecule has 86 valence electrons. The fraction of sp³-hybridized carbons (Fsp3) is 0.667. The number of aliphatic hydroxyl groups excluding tert-OH is 1. The molecular weight excluding hydrogens is 188 g/mol. The van der Waals surface area contributed by atoms with Crippen LogP contribution >= 0.6 is 0 Å². The van der Waals surface area contributed by atoms with Crippen LogP contribution in [-0.4, -0.2) is 22.3 Å². The summed E-state index contributed by atoms with van der Waals surface area (Å²) in [6, 6.07) is 4.43. The summed E-state index contributed by atoms with van der Waals surface area (Å²) in [7, 11) is 0. The van der Waals surface area contributed by atoms with Crippen LogP contribution in [0.1, 0.15) is 32.4 Å². The van der Waals surface area contributed by atoms with Gasteiger partial charge in [-0.05, 0) is 25.0 Å². The minimum Gasteiger partial charge on any atom is -0.395 e. The summed E-state index contributed by atoms with van der Waals surface area (Å²) in [5.74, 6) is 0. The number of aryl methyl sites for hydroxylation is 1. The highest BCUT2D eigenvalue weighted by Crippen LogP contribution is 2.04. The second-order valence-corrected chi connectivity index (χ2v) is 3.86. The first-order valence-electron chi connectivity index (χ1n) is 5.80. The monoisotopic (exact) mass is 210 g/mol. The fourth-order valence-corrected chi connectivity index (χ4v) is 1.66. The lowest BCUT2D eigenvalue weighted by atomic mass is 10.2. The van der Waals surface area contributed by atoms with Crippen molar-refractivity contribution in [1.82, 2.24) is 9.88 Å². The Kier molecular flexibility index (Phi) is 5.43. The van der Waals surface area contributed by atoms with Gasteiger partial charge in [0.15, 0.2) is 0 Å². The predicted molar refractivity (Wildman–Crippen MR) is 62.7 cm³/mol. The van der Waals surface area contributed by atoms with E-state index in [1.807, 2.05) is 0 Å². The van der Waals surface area contributed by atoms with Gasteiger partial charge in [0.05, 0.1) is 6.61 Å². The minimum absolute atomic E-state index is 0.213. The van der Waals surface area contributed by atoms with Crippen LogP contribution in [0.25, 0.3) is 0 Å². The Bertz CT molecular complexity index is 266. The third kappa shape index (κ3) is 3.68. The SMILES string of the molecule is CCCn1cccc1CN[C@@H](CC)CO. The van der Waals surface area contributed by atoms with Gasteiger partial charge >= 0.3 is 0 Å². The van der Waals surface area contributed by atoms with E-state index >= 15 is 0 Å². The summed E-state index contributed by atoms with van der Waals surface area (Å²) in [4.78, 5) is 0. The molecule has 0 fully saturated rings. The normalized spacial score (nSPS) is 13.0. The lowest BCUT2D eigenvalue weighted by Gasteiger charge is -2.15.